The zero-order valence-corrected chi connectivity index (χ0v) is 21.8. The minimum atomic E-state index is -0.655. The average molecular weight is 479 g/mol. The minimum absolute atomic E-state index is 0.0231. The number of likely N-dealkylation sites (tertiary alicyclic amines) is 1. The van der Waals surface area contributed by atoms with E-state index >= 15 is 0 Å². The van der Waals surface area contributed by atoms with Crippen molar-refractivity contribution in [2.75, 3.05) is 33.3 Å². The molecule has 0 saturated carbocycles. The van der Waals surface area contributed by atoms with Crippen LogP contribution in [0.1, 0.15) is 63.8 Å². The molecule has 6 nitrogen and oxygen atoms in total. The van der Waals surface area contributed by atoms with Gasteiger partial charge in [-0.15, -0.1) is 0 Å². The highest BCUT2D eigenvalue weighted by molar-refractivity contribution is 6.46. The van der Waals surface area contributed by atoms with E-state index in [1.807, 2.05) is 24.3 Å². The predicted octanol–water partition coefficient (Wildman–Crippen LogP) is 5.15. The summed E-state index contributed by atoms with van der Waals surface area (Å²) in [5.74, 6) is -0.844. The van der Waals surface area contributed by atoms with E-state index in [-0.39, 0.29) is 16.7 Å². The standard InChI is InChI=1S/C29H38N2O4/c1-7-30(8-2)17-10-18-31-25(20-13-15-22(16-14-20)29(3,4)5)24(27(33)28(31)34)26(32)21-11-9-12-23(19-21)35-6/h9,11-16,19,25,32H,7-8,10,17-18H2,1-6H3/t25-/m1/s1. The van der Waals surface area contributed by atoms with Gasteiger partial charge in [0.15, 0.2) is 0 Å². The summed E-state index contributed by atoms with van der Waals surface area (Å²) in [6.07, 6.45) is 0.741. The van der Waals surface area contributed by atoms with Crippen molar-refractivity contribution in [2.45, 2.75) is 52.5 Å². The summed E-state index contributed by atoms with van der Waals surface area (Å²) in [5.41, 5.74) is 2.51. The van der Waals surface area contributed by atoms with Crippen LogP contribution in [0.2, 0.25) is 0 Å². The van der Waals surface area contributed by atoms with Crippen molar-refractivity contribution in [1.29, 1.82) is 0 Å². The van der Waals surface area contributed by atoms with Crippen LogP contribution < -0.4 is 4.74 Å². The van der Waals surface area contributed by atoms with Crippen molar-refractivity contribution in [3.63, 3.8) is 0 Å². The highest BCUT2D eigenvalue weighted by Gasteiger charge is 2.45. The van der Waals surface area contributed by atoms with Crippen molar-refractivity contribution in [3.05, 3.63) is 70.8 Å². The maximum Gasteiger partial charge on any atom is 0.295 e. The zero-order valence-electron chi connectivity index (χ0n) is 21.8. The van der Waals surface area contributed by atoms with Crippen LogP contribution >= 0.6 is 0 Å². The smallest absolute Gasteiger partial charge is 0.295 e. The van der Waals surface area contributed by atoms with Crippen molar-refractivity contribution >= 4 is 17.4 Å². The van der Waals surface area contributed by atoms with Gasteiger partial charge in [-0.1, -0.05) is 71.0 Å². The number of hydrogen-bond acceptors (Lipinski definition) is 5. The van der Waals surface area contributed by atoms with E-state index in [9.17, 15) is 14.7 Å². The Morgan fingerprint density at radius 3 is 2.29 bits per heavy atom. The fourth-order valence-electron chi connectivity index (χ4n) is 4.55. The number of ketones is 1. The molecule has 1 aliphatic heterocycles. The van der Waals surface area contributed by atoms with Crippen LogP contribution in [0.15, 0.2) is 54.1 Å². The molecule has 1 fully saturated rings. The Bertz CT molecular complexity index is 1080. The summed E-state index contributed by atoms with van der Waals surface area (Å²) in [5, 5.41) is 11.3. The lowest BCUT2D eigenvalue weighted by Gasteiger charge is -2.27. The molecule has 1 atom stereocenters. The molecule has 1 N–H and O–H groups in total. The van der Waals surface area contributed by atoms with Crippen LogP contribution in [0.5, 0.6) is 5.75 Å². The number of hydrogen-bond donors (Lipinski definition) is 1. The first-order chi connectivity index (χ1) is 16.6. The first-order valence-corrected chi connectivity index (χ1v) is 12.4. The van der Waals surface area contributed by atoms with Gasteiger partial charge in [-0.05, 0) is 54.7 Å². The summed E-state index contributed by atoms with van der Waals surface area (Å²) >= 11 is 0. The van der Waals surface area contributed by atoms with Gasteiger partial charge in [0, 0.05) is 12.1 Å². The Kier molecular flexibility index (Phi) is 8.39. The lowest BCUT2D eigenvalue weighted by atomic mass is 9.85. The molecular formula is C29H38N2O4. The van der Waals surface area contributed by atoms with E-state index in [2.05, 4.69) is 39.5 Å². The average Bonchev–Trinajstić information content (AvgIpc) is 3.10. The summed E-state index contributed by atoms with van der Waals surface area (Å²) in [6.45, 7) is 13.8. The van der Waals surface area contributed by atoms with Gasteiger partial charge < -0.3 is 19.6 Å². The number of amides is 1. The highest BCUT2D eigenvalue weighted by atomic mass is 16.5. The molecule has 0 aromatic heterocycles. The van der Waals surface area contributed by atoms with Crippen LogP contribution in [-0.4, -0.2) is 59.9 Å². The SMILES string of the molecule is CCN(CC)CCCN1C(=O)C(=O)C(=C(O)c2cccc(OC)c2)[C@H]1c1ccc(C(C)(C)C)cc1. The Balaban J connectivity index is 2.06. The second-order valence-electron chi connectivity index (χ2n) is 9.98. The summed E-state index contributed by atoms with van der Waals surface area (Å²) in [7, 11) is 1.55. The number of methoxy groups -OCH3 is 1. The third-order valence-electron chi connectivity index (χ3n) is 6.74. The Morgan fingerprint density at radius 2 is 1.71 bits per heavy atom. The fraction of sp³-hybridized carbons (Fsp3) is 0.448. The number of aliphatic hydroxyl groups is 1. The molecule has 2 aromatic carbocycles. The normalized spacial score (nSPS) is 17.9. The molecule has 0 radical (unpaired) electrons. The van der Waals surface area contributed by atoms with E-state index in [1.165, 1.54) is 0 Å². The molecule has 188 valence electrons. The van der Waals surface area contributed by atoms with Crippen molar-refractivity contribution in [2.24, 2.45) is 0 Å². The topological polar surface area (TPSA) is 70.1 Å². The molecule has 1 amide bonds. The number of Topliss-reactive ketones (excluding diaryl/α,β-unsaturated/α-hetero) is 1. The van der Waals surface area contributed by atoms with Crippen LogP contribution in [0.4, 0.5) is 0 Å². The third-order valence-corrected chi connectivity index (χ3v) is 6.74. The number of benzene rings is 2. The second kappa shape index (κ2) is 11.1. The van der Waals surface area contributed by atoms with Gasteiger partial charge in [0.05, 0.1) is 18.7 Å². The lowest BCUT2D eigenvalue weighted by molar-refractivity contribution is -0.140. The molecule has 0 spiro atoms. The zero-order chi connectivity index (χ0) is 25.8. The van der Waals surface area contributed by atoms with E-state index in [0.717, 1.165) is 37.2 Å². The molecule has 35 heavy (non-hydrogen) atoms. The maximum absolute atomic E-state index is 13.3. The molecule has 1 saturated heterocycles. The molecule has 0 aliphatic carbocycles. The number of ether oxygens (including phenoxy) is 1. The fourth-order valence-corrected chi connectivity index (χ4v) is 4.55. The largest absolute Gasteiger partial charge is 0.507 e. The van der Waals surface area contributed by atoms with Crippen molar-refractivity contribution < 1.29 is 19.4 Å². The van der Waals surface area contributed by atoms with Gasteiger partial charge in [0.2, 0.25) is 0 Å². The molecule has 2 aromatic rings. The third kappa shape index (κ3) is 5.76. The van der Waals surface area contributed by atoms with Crippen molar-refractivity contribution in [1.82, 2.24) is 9.80 Å². The van der Waals surface area contributed by atoms with Gasteiger partial charge in [0.1, 0.15) is 11.5 Å². The number of carbonyl (C=O) groups excluding carboxylic acids is 2. The summed E-state index contributed by atoms with van der Waals surface area (Å²) < 4.78 is 5.29. The van der Waals surface area contributed by atoms with E-state index in [4.69, 9.17) is 4.74 Å². The predicted molar refractivity (Wildman–Crippen MR) is 140 cm³/mol. The first kappa shape index (κ1) is 26.5. The van der Waals surface area contributed by atoms with Crippen LogP contribution in [0.3, 0.4) is 0 Å². The summed E-state index contributed by atoms with van der Waals surface area (Å²) in [6, 6.07) is 14.3. The molecule has 0 unspecified atom stereocenters. The minimum Gasteiger partial charge on any atom is -0.507 e. The number of rotatable bonds is 9. The van der Waals surface area contributed by atoms with Gasteiger partial charge in [0.25, 0.3) is 11.7 Å². The first-order valence-electron chi connectivity index (χ1n) is 12.4. The van der Waals surface area contributed by atoms with E-state index < -0.39 is 17.7 Å². The highest BCUT2D eigenvalue weighted by Crippen LogP contribution is 2.40. The van der Waals surface area contributed by atoms with Gasteiger partial charge >= 0.3 is 0 Å². The molecule has 1 aliphatic rings. The molecular weight excluding hydrogens is 440 g/mol. The number of aliphatic hydroxyl groups excluding tert-OH is 1. The number of nitrogens with zero attached hydrogens (tertiary/aromatic N) is 2. The number of carbonyl (C=O) groups is 2. The molecule has 0 bridgehead atoms. The second-order valence-corrected chi connectivity index (χ2v) is 9.98. The van der Waals surface area contributed by atoms with E-state index in [0.29, 0.717) is 17.9 Å². The Hall–Kier alpha value is -3.12. The van der Waals surface area contributed by atoms with Gasteiger partial charge in [-0.2, -0.15) is 0 Å². The van der Waals surface area contributed by atoms with Crippen molar-refractivity contribution in [3.8, 4) is 5.75 Å². The lowest BCUT2D eigenvalue weighted by Crippen LogP contribution is -2.33. The van der Waals surface area contributed by atoms with Crippen LogP contribution in [0, 0.1) is 0 Å². The quantitative estimate of drug-likeness (QED) is 0.307. The molecule has 6 heteroatoms. The molecule has 1 heterocycles. The summed E-state index contributed by atoms with van der Waals surface area (Å²) in [4.78, 5) is 30.4. The van der Waals surface area contributed by atoms with Gasteiger partial charge in [-0.3, -0.25) is 9.59 Å². The Morgan fingerprint density at radius 1 is 1.06 bits per heavy atom. The van der Waals surface area contributed by atoms with Gasteiger partial charge in [-0.25, -0.2) is 0 Å². The van der Waals surface area contributed by atoms with Crippen LogP contribution in [-0.2, 0) is 15.0 Å². The molecule has 3 rings (SSSR count). The van der Waals surface area contributed by atoms with E-state index in [1.54, 1.807) is 36.3 Å². The maximum atomic E-state index is 13.3. The monoisotopic (exact) mass is 478 g/mol. The van der Waals surface area contributed by atoms with Crippen LogP contribution in [0.25, 0.3) is 5.76 Å². The Labute approximate surface area is 209 Å².